The Morgan fingerprint density at radius 3 is 2.56 bits per heavy atom. The number of benzene rings is 2. The molecule has 0 spiro atoms. The van der Waals surface area contributed by atoms with E-state index in [-0.39, 0.29) is 10.9 Å². The maximum atomic E-state index is 11.8. The molecule has 1 N–H and O–H groups in total. The molecule has 1 atom stereocenters. The lowest BCUT2D eigenvalue weighted by Gasteiger charge is -2.16. The van der Waals surface area contributed by atoms with E-state index in [0.717, 1.165) is 23.7 Å². The van der Waals surface area contributed by atoms with Crippen LogP contribution in [0.5, 0.6) is 0 Å². The molecule has 1 heterocycles. The minimum Gasteiger partial charge on any atom is -0.367 e. The van der Waals surface area contributed by atoms with E-state index in [1.807, 2.05) is 18.2 Å². The van der Waals surface area contributed by atoms with Crippen molar-refractivity contribution in [2.24, 2.45) is 0 Å². The quantitative estimate of drug-likeness (QED) is 0.733. The summed E-state index contributed by atoms with van der Waals surface area (Å²) in [4.78, 5) is 8.80. The highest BCUT2D eigenvalue weighted by molar-refractivity contribution is 7.90. The Hall–Kier alpha value is -2.47. The normalized spacial score (nSPS) is 12.9. The number of nitrogens with zero attached hydrogens (tertiary/aromatic N) is 2. The molecule has 2 aromatic carbocycles. The number of aromatic nitrogens is 2. The molecule has 0 aliphatic heterocycles. The van der Waals surface area contributed by atoms with Crippen LogP contribution >= 0.6 is 0 Å². The number of aryl methyl sites for hydroxylation is 1. The van der Waals surface area contributed by atoms with Crippen LogP contribution in [0.2, 0.25) is 0 Å². The van der Waals surface area contributed by atoms with E-state index in [9.17, 15) is 8.42 Å². The van der Waals surface area contributed by atoms with E-state index >= 15 is 0 Å². The monoisotopic (exact) mass is 355 g/mol. The van der Waals surface area contributed by atoms with Crippen LogP contribution in [0.15, 0.2) is 59.8 Å². The van der Waals surface area contributed by atoms with Gasteiger partial charge in [-0.3, -0.25) is 0 Å². The lowest BCUT2D eigenvalue weighted by molar-refractivity contribution is 0.602. The van der Waals surface area contributed by atoms with Gasteiger partial charge in [0.25, 0.3) is 0 Å². The smallest absolute Gasteiger partial charge is 0.175 e. The molecular formula is C19H21N3O2S. The molecule has 25 heavy (non-hydrogen) atoms. The minimum atomic E-state index is -3.27. The van der Waals surface area contributed by atoms with E-state index in [4.69, 9.17) is 0 Å². The Labute approximate surface area is 148 Å². The third-order valence-corrected chi connectivity index (χ3v) is 5.24. The molecule has 0 bridgehead atoms. The molecule has 1 aromatic heterocycles. The zero-order valence-electron chi connectivity index (χ0n) is 14.3. The molecule has 0 saturated heterocycles. The van der Waals surface area contributed by atoms with E-state index < -0.39 is 9.84 Å². The van der Waals surface area contributed by atoms with Gasteiger partial charge in [-0.1, -0.05) is 30.3 Å². The lowest BCUT2D eigenvalue weighted by atomic mass is 10.1. The third-order valence-electron chi connectivity index (χ3n) is 4.13. The second kappa shape index (κ2) is 7.19. The van der Waals surface area contributed by atoms with E-state index in [1.165, 1.54) is 18.1 Å². The summed E-state index contributed by atoms with van der Waals surface area (Å²) in [6.45, 7) is 2.09. The zero-order valence-corrected chi connectivity index (χ0v) is 15.1. The van der Waals surface area contributed by atoms with Gasteiger partial charge in [0.1, 0.15) is 12.1 Å². The topological polar surface area (TPSA) is 72.0 Å². The van der Waals surface area contributed by atoms with E-state index in [1.54, 1.807) is 18.2 Å². The first-order valence-electron chi connectivity index (χ1n) is 8.19. The minimum absolute atomic E-state index is 0.195. The van der Waals surface area contributed by atoms with Crippen molar-refractivity contribution in [3.8, 4) is 0 Å². The molecular weight excluding hydrogens is 334 g/mol. The highest BCUT2D eigenvalue weighted by Gasteiger charge is 2.12. The van der Waals surface area contributed by atoms with E-state index in [2.05, 4.69) is 34.3 Å². The van der Waals surface area contributed by atoms with Crippen LogP contribution in [0.3, 0.4) is 0 Å². The van der Waals surface area contributed by atoms with Gasteiger partial charge in [-0.2, -0.15) is 0 Å². The van der Waals surface area contributed by atoms with Crippen molar-refractivity contribution < 1.29 is 8.42 Å². The third kappa shape index (κ3) is 4.33. The Kier molecular flexibility index (Phi) is 4.99. The van der Waals surface area contributed by atoms with Gasteiger partial charge in [0, 0.05) is 17.7 Å². The first-order chi connectivity index (χ1) is 11.9. The van der Waals surface area contributed by atoms with Crippen molar-refractivity contribution in [1.29, 1.82) is 0 Å². The van der Waals surface area contributed by atoms with Crippen molar-refractivity contribution in [2.75, 3.05) is 11.6 Å². The molecule has 1 unspecified atom stereocenters. The molecule has 3 aromatic rings. The molecule has 0 fully saturated rings. The first kappa shape index (κ1) is 17.4. The van der Waals surface area contributed by atoms with Gasteiger partial charge in [0.05, 0.1) is 10.4 Å². The van der Waals surface area contributed by atoms with Gasteiger partial charge in [0.2, 0.25) is 0 Å². The van der Waals surface area contributed by atoms with Crippen molar-refractivity contribution in [3.05, 3.63) is 60.4 Å². The SMILES string of the molecule is CC(CCc1ccccc1)Nc1ncnc2ccc(S(C)(=O)=O)cc12. The molecule has 6 heteroatoms. The average Bonchev–Trinajstić information content (AvgIpc) is 2.60. The van der Waals surface area contributed by atoms with Crippen molar-refractivity contribution in [2.45, 2.75) is 30.7 Å². The maximum absolute atomic E-state index is 11.8. The van der Waals surface area contributed by atoms with Crippen molar-refractivity contribution in [3.63, 3.8) is 0 Å². The van der Waals surface area contributed by atoms with Crippen LogP contribution in [-0.4, -0.2) is 30.7 Å². The summed E-state index contributed by atoms with van der Waals surface area (Å²) in [5.41, 5.74) is 2.02. The van der Waals surface area contributed by atoms with Crippen LogP contribution in [-0.2, 0) is 16.3 Å². The van der Waals surface area contributed by atoms with Crippen LogP contribution in [0.25, 0.3) is 10.9 Å². The fraction of sp³-hybridized carbons (Fsp3) is 0.263. The fourth-order valence-electron chi connectivity index (χ4n) is 2.71. The summed E-state index contributed by atoms with van der Waals surface area (Å²) < 4.78 is 23.6. The second-order valence-electron chi connectivity index (χ2n) is 6.24. The Balaban J connectivity index is 1.80. The highest BCUT2D eigenvalue weighted by Crippen LogP contribution is 2.24. The number of fused-ring (bicyclic) bond motifs is 1. The lowest BCUT2D eigenvalue weighted by Crippen LogP contribution is -2.17. The number of hydrogen-bond donors (Lipinski definition) is 1. The summed E-state index contributed by atoms with van der Waals surface area (Å²) in [5.74, 6) is 0.663. The van der Waals surface area contributed by atoms with E-state index in [0.29, 0.717) is 5.82 Å². The summed E-state index contributed by atoms with van der Waals surface area (Å²) in [6, 6.07) is 15.4. The van der Waals surface area contributed by atoms with Crippen LogP contribution in [0.1, 0.15) is 18.9 Å². The van der Waals surface area contributed by atoms with Crippen LogP contribution in [0.4, 0.5) is 5.82 Å². The van der Waals surface area contributed by atoms with Gasteiger partial charge >= 0.3 is 0 Å². The Morgan fingerprint density at radius 2 is 1.84 bits per heavy atom. The highest BCUT2D eigenvalue weighted by atomic mass is 32.2. The summed E-state index contributed by atoms with van der Waals surface area (Å²) in [5, 5.41) is 4.11. The zero-order chi connectivity index (χ0) is 17.9. The van der Waals surface area contributed by atoms with Crippen molar-refractivity contribution in [1.82, 2.24) is 9.97 Å². The molecule has 0 radical (unpaired) electrons. The average molecular weight is 355 g/mol. The first-order valence-corrected chi connectivity index (χ1v) is 10.1. The number of nitrogens with one attached hydrogen (secondary N) is 1. The van der Waals surface area contributed by atoms with Crippen LogP contribution in [0, 0.1) is 0 Å². The van der Waals surface area contributed by atoms with Crippen molar-refractivity contribution >= 4 is 26.6 Å². The van der Waals surface area contributed by atoms with Gasteiger partial charge in [-0.15, -0.1) is 0 Å². The summed E-state index contributed by atoms with van der Waals surface area (Å²) in [7, 11) is -3.27. The second-order valence-corrected chi connectivity index (χ2v) is 8.26. The molecule has 3 rings (SSSR count). The summed E-state index contributed by atoms with van der Waals surface area (Å²) in [6.07, 6.45) is 4.61. The van der Waals surface area contributed by atoms with Gasteiger partial charge in [-0.25, -0.2) is 18.4 Å². The molecule has 0 saturated carbocycles. The predicted molar refractivity (Wildman–Crippen MR) is 100 cm³/mol. The molecule has 0 aliphatic rings. The largest absolute Gasteiger partial charge is 0.367 e. The number of sulfone groups is 1. The number of anilines is 1. The van der Waals surface area contributed by atoms with Gasteiger partial charge < -0.3 is 5.32 Å². The predicted octanol–water partition coefficient (Wildman–Crippen LogP) is 3.47. The fourth-order valence-corrected chi connectivity index (χ4v) is 3.36. The molecule has 5 nitrogen and oxygen atoms in total. The maximum Gasteiger partial charge on any atom is 0.175 e. The Bertz CT molecular complexity index is 972. The molecule has 0 aliphatic carbocycles. The molecule has 130 valence electrons. The number of rotatable bonds is 6. The standard InChI is InChI=1S/C19H21N3O2S/c1-14(8-9-15-6-4-3-5-7-15)22-19-17-12-16(25(2,23)24)10-11-18(17)20-13-21-19/h3-7,10-14H,8-9H2,1-2H3,(H,20,21,22). The van der Waals surface area contributed by atoms with Gasteiger partial charge in [0.15, 0.2) is 9.84 Å². The molecule has 0 amide bonds. The van der Waals surface area contributed by atoms with Crippen LogP contribution < -0.4 is 5.32 Å². The Morgan fingerprint density at radius 1 is 1.08 bits per heavy atom. The summed E-state index contributed by atoms with van der Waals surface area (Å²) >= 11 is 0. The number of hydrogen-bond acceptors (Lipinski definition) is 5. The van der Waals surface area contributed by atoms with Gasteiger partial charge in [-0.05, 0) is 43.5 Å².